The SMILES string of the molecule is CCC(N)(CC)C(=O)N(C)Cc1ccc(C(C)C)cc1. The van der Waals surface area contributed by atoms with Crippen molar-refractivity contribution in [2.45, 2.75) is 58.5 Å². The number of nitrogens with two attached hydrogens (primary N) is 1. The molecule has 0 spiro atoms. The van der Waals surface area contributed by atoms with Gasteiger partial charge in [-0.25, -0.2) is 0 Å². The first-order valence-corrected chi connectivity index (χ1v) is 7.47. The summed E-state index contributed by atoms with van der Waals surface area (Å²) < 4.78 is 0. The summed E-state index contributed by atoms with van der Waals surface area (Å²) in [7, 11) is 1.83. The fourth-order valence-electron chi connectivity index (χ4n) is 2.29. The molecule has 3 nitrogen and oxygen atoms in total. The lowest BCUT2D eigenvalue weighted by Crippen LogP contribution is -2.53. The summed E-state index contributed by atoms with van der Waals surface area (Å²) in [5.74, 6) is 0.552. The standard InChI is InChI=1S/C17H28N2O/c1-6-17(18,7-2)16(20)19(5)12-14-8-10-15(11-9-14)13(3)4/h8-11,13H,6-7,12,18H2,1-5H3. The van der Waals surface area contributed by atoms with Gasteiger partial charge in [0.2, 0.25) is 5.91 Å². The monoisotopic (exact) mass is 276 g/mol. The molecule has 0 radical (unpaired) electrons. The van der Waals surface area contributed by atoms with Gasteiger partial charge < -0.3 is 10.6 Å². The van der Waals surface area contributed by atoms with Gasteiger partial charge in [0.25, 0.3) is 0 Å². The maximum atomic E-state index is 12.4. The minimum Gasteiger partial charge on any atom is -0.340 e. The Morgan fingerprint density at radius 3 is 2.10 bits per heavy atom. The highest BCUT2D eigenvalue weighted by atomic mass is 16.2. The van der Waals surface area contributed by atoms with Crippen LogP contribution in [0.15, 0.2) is 24.3 Å². The normalized spacial score (nSPS) is 11.8. The zero-order valence-electron chi connectivity index (χ0n) is 13.4. The van der Waals surface area contributed by atoms with Gasteiger partial charge in [-0.1, -0.05) is 52.0 Å². The van der Waals surface area contributed by atoms with Crippen LogP contribution in [0.2, 0.25) is 0 Å². The largest absolute Gasteiger partial charge is 0.340 e. The fraction of sp³-hybridized carbons (Fsp3) is 0.588. The molecule has 0 saturated heterocycles. The summed E-state index contributed by atoms with van der Waals surface area (Å²) in [6.45, 7) is 8.89. The van der Waals surface area contributed by atoms with E-state index in [1.165, 1.54) is 5.56 Å². The zero-order valence-corrected chi connectivity index (χ0v) is 13.4. The molecular formula is C17H28N2O. The van der Waals surface area contributed by atoms with E-state index < -0.39 is 5.54 Å². The zero-order chi connectivity index (χ0) is 15.3. The smallest absolute Gasteiger partial charge is 0.242 e. The molecule has 1 aromatic carbocycles. The average molecular weight is 276 g/mol. The van der Waals surface area contributed by atoms with Crippen LogP contribution >= 0.6 is 0 Å². The molecule has 0 aliphatic rings. The molecule has 0 aromatic heterocycles. The van der Waals surface area contributed by atoms with E-state index in [1.807, 2.05) is 20.9 Å². The highest BCUT2D eigenvalue weighted by Gasteiger charge is 2.32. The summed E-state index contributed by atoms with van der Waals surface area (Å²) in [6, 6.07) is 8.45. The van der Waals surface area contributed by atoms with Gasteiger partial charge in [0.05, 0.1) is 5.54 Å². The highest BCUT2D eigenvalue weighted by molar-refractivity contribution is 5.85. The molecule has 1 amide bonds. The summed E-state index contributed by atoms with van der Waals surface area (Å²) >= 11 is 0. The minimum atomic E-state index is -0.730. The van der Waals surface area contributed by atoms with Crippen LogP contribution in [-0.2, 0) is 11.3 Å². The van der Waals surface area contributed by atoms with E-state index in [2.05, 4.69) is 38.1 Å². The van der Waals surface area contributed by atoms with E-state index >= 15 is 0 Å². The topological polar surface area (TPSA) is 46.3 Å². The third kappa shape index (κ3) is 3.83. The van der Waals surface area contributed by atoms with Crippen LogP contribution < -0.4 is 5.73 Å². The lowest BCUT2D eigenvalue weighted by Gasteiger charge is -2.30. The molecule has 0 bridgehead atoms. The summed E-state index contributed by atoms with van der Waals surface area (Å²) in [5.41, 5.74) is 7.89. The number of carbonyl (C=O) groups is 1. The second kappa shape index (κ2) is 6.89. The molecule has 1 aromatic rings. The van der Waals surface area contributed by atoms with Crippen molar-refractivity contribution in [3.63, 3.8) is 0 Å². The van der Waals surface area contributed by atoms with Crippen molar-refractivity contribution < 1.29 is 4.79 Å². The number of benzene rings is 1. The number of hydrogen-bond donors (Lipinski definition) is 1. The Morgan fingerprint density at radius 1 is 1.20 bits per heavy atom. The van der Waals surface area contributed by atoms with Gasteiger partial charge in [0, 0.05) is 13.6 Å². The summed E-state index contributed by atoms with van der Waals surface area (Å²) in [4.78, 5) is 14.1. The maximum Gasteiger partial charge on any atom is 0.242 e. The quantitative estimate of drug-likeness (QED) is 0.866. The first-order valence-electron chi connectivity index (χ1n) is 7.47. The predicted octanol–water partition coefficient (Wildman–Crippen LogP) is 3.29. The van der Waals surface area contributed by atoms with Crippen LogP contribution in [0.25, 0.3) is 0 Å². The van der Waals surface area contributed by atoms with Crippen LogP contribution in [0.5, 0.6) is 0 Å². The first kappa shape index (κ1) is 16.7. The Morgan fingerprint density at radius 2 is 1.70 bits per heavy atom. The van der Waals surface area contributed by atoms with E-state index in [0.29, 0.717) is 25.3 Å². The molecule has 20 heavy (non-hydrogen) atoms. The molecule has 0 heterocycles. The van der Waals surface area contributed by atoms with E-state index in [4.69, 9.17) is 5.73 Å². The van der Waals surface area contributed by atoms with Crippen LogP contribution in [0.1, 0.15) is 57.6 Å². The van der Waals surface area contributed by atoms with Crippen molar-refractivity contribution in [2.75, 3.05) is 7.05 Å². The maximum absolute atomic E-state index is 12.4. The molecule has 0 saturated carbocycles. The Balaban J connectivity index is 2.75. The van der Waals surface area contributed by atoms with E-state index in [1.54, 1.807) is 4.90 Å². The van der Waals surface area contributed by atoms with Crippen molar-refractivity contribution >= 4 is 5.91 Å². The molecule has 0 atom stereocenters. The Bertz CT molecular complexity index is 433. The second-order valence-electron chi connectivity index (χ2n) is 5.92. The number of carbonyl (C=O) groups excluding carboxylic acids is 1. The van der Waals surface area contributed by atoms with Crippen LogP contribution in [-0.4, -0.2) is 23.4 Å². The van der Waals surface area contributed by atoms with Gasteiger partial charge in [-0.3, -0.25) is 4.79 Å². The second-order valence-corrected chi connectivity index (χ2v) is 5.92. The van der Waals surface area contributed by atoms with Crippen molar-refractivity contribution in [3.8, 4) is 0 Å². The van der Waals surface area contributed by atoms with Crippen molar-refractivity contribution in [3.05, 3.63) is 35.4 Å². The van der Waals surface area contributed by atoms with E-state index in [0.717, 1.165) is 5.56 Å². The van der Waals surface area contributed by atoms with Crippen LogP contribution in [0, 0.1) is 0 Å². The molecule has 0 unspecified atom stereocenters. The minimum absolute atomic E-state index is 0.0236. The van der Waals surface area contributed by atoms with Gasteiger partial charge in [0.1, 0.15) is 0 Å². The summed E-state index contributed by atoms with van der Waals surface area (Å²) in [5, 5.41) is 0. The van der Waals surface area contributed by atoms with Gasteiger partial charge in [-0.05, 0) is 29.9 Å². The molecule has 2 N–H and O–H groups in total. The van der Waals surface area contributed by atoms with Crippen molar-refractivity contribution in [1.29, 1.82) is 0 Å². The molecule has 112 valence electrons. The van der Waals surface area contributed by atoms with Crippen molar-refractivity contribution in [1.82, 2.24) is 4.90 Å². The predicted molar refractivity (Wildman–Crippen MR) is 84.5 cm³/mol. The van der Waals surface area contributed by atoms with Crippen molar-refractivity contribution in [2.24, 2.45) is 5.73 Å². The number of rotatable bonds is 6. The number of amides is 1. The fourth-order valence-corrected chi connectivity index (χ4v) is 2.29. The first-order chi connectivity index (χ1) is 9.34. The molecule has 0 fully saturated rings. The van der Waals surface area contributed by atoms with Gasteiger partial charge in [0.15, 0.2) is 0 Å². The molecule has 3 heteroatoms. The molecule has 1 rings (SSSR count). The lowest BCUT2D eigenvalue weighted by atomic mass is 9.92. The number of hydrogen-bond acceptors (Lipinski definition) is 2. The Hall–Kier alpha value is -1.35. The molecule has 0 aliphatic heterocycles. The number of likely N-dealkylation sites (N-methyl/N-ethyl adjacent to an activating group) is 1. The van der Waals surface area contributed by atoms with Crippen LogP contribution in [0.3, 0.4) is 0 Å². The van der Waals surface area contributed by atoms with Crippen LogP contribution in [0.4, 0.5) is 0 Å². The van der Waals surface area contributed by atoms with Gasteiger partial charge >= 0.3 is 0 Å². The average Bonchev–Trinajstić information content (AvgIpc) is 2.46. The Labute approximate surface area is 123 Å². The summed E-state index contributed by atoms with van der Waals surface area (Å²) in [6.07, 6.45) is 1.33. The lowest BCUT2D eigenvalue weighted by molar-refractivity contribution is -0.136. The number of nitrogens with zero attached hydrogens (tertiary/aromatic N) is 1. The molecule has 0 aliphatic carbocycles. The van der Waals surface area contributed by atoms with E-state index in [9.17, 15) is 4.79 Å². The highest BCUT2D eigenvalue weighted by Crippen LogP contribution is 2.18. The van der Waals surface area contributed by atoms with Gasteiger partial charge in [-0.15, -0.1) is 0 Å². The third-order valence-electron chi connectivity index (χ3n) is 4.10. The van der Waals surface area contributed by atoms with Gasteiger partial charge in [-0.2, -0.15) is 0 Å². The molecular weight excluding hydrogens is 248 g/mol. The van der Waals surface area contributed by atoms with E-state index in [-0.39, 0.29) is 5.91 Å². The Kier molecular flexibility index (Phi) is 5.75. The third-order valence-corrected chi connectivity index (χ3v) is 4.10.